The smallest absolute Gasteiger partial charge is 0.318 e. The highest BCUT2D eigenvalue weighted by atomic mass is 16.6. The zero-order valence-corrected chi connectivity index (χ0v) is 19.1. The zero-order chi connectivity index (χ0) is 22.6. The standard InChI is InChI=1S/C25H29N5O3/c1-16(23-28-27-22-7-3-6-10-29(22)23)26-24(31)30-15-25(8-4-5-9-25)19-14-21-20(32-11-12-33-21)13-18(19)17(30)2/h3,6-7,10,13-14,16-17H,4-5,8-9,11-12,15H2,1-2H3,(H,26,31). The molecule has 8 nitrogen and oxygen atoms in total. The van der Waals surface area contributed by atoms with E-state index in [4.69, 9.17) is 9.47 Å². The van der Waals surface area contributed by atoms with Gasteiger partial charge in [0.05, 0.1) is 12.1 Å². The Balaban J connectivity index is 1.32. The number of ether oxygens (including phenoxy) is 2. The van der Waals surface area contributed by atoms with E-state index in [1.807, 2.05) is 40.6 Å². The predicted octanol–water partition coefficient (Wildman–Crippen LogP) is 4.16. The van der Waals surface area contributed by atoms with Gasteiger partial charge in [-0.2, -0.15) is 0 Å². The predicted molar refractivity (Wildman–Crippen MR) is 123 cm³/mol. The Hall–Kier alpha value is -3.29. The van der Waals surface area contributed by atoms with Crippen LogP contribution in [0.4, 0.5) is 4.79 Å². The molecule has 0 saturated heterocycles. The van der Waals surface area contributed by atoms with E-state index in [9.17, 15) is 4.79 Å². The molecule has 1 aromatic carbocycles. The van der Waals surface area contributed by atoms with E-state index in [0.717, 1.165) is 35.8 Å². The molecule has 2 amide bonds. The number of pyridine rings is 1. The van der Waals surface area contributed by atoms with Crippen LogP contribution >= 0.6 is 0 Å². The van der Waals surface area contributed by atoms with E-state index < -0.39 is 0 Å². The van der Waals surface area contributed by atoms with Gasteiger partial charge in [0.25, 0.3) is 0 Å². The van der Waals surface area contributed by atoms with Crippen molar-refractivity contribution < 1.29 is 14.3 Å². The number of nitrogens with one attached hydrogen (secondary N) is 1. The average Bonchev–Trinajstić information content (AvgIpc) is 3.48. The number of urea groups is 1. The van der Waals surface area contributed by atoms with Crippen LogP contribution in [0.5, 0.6) is 11.5 Å². The van der Waals surface area contributed by atoms with Gasteiger partial charge >= 0.3 is 6.03 Å². The number of carbonyl (C=O) groups excluding carboxylic acids is 1. The number of fused-ring (bicyclic) bond motifs is 4. The number of benzene rings is 1. The molecule has 1 spiro atoms. The summed E-state index contributed by atoms with van der Waals surface area (Å²) in [6, 6.07) is 9.65. The highest BCUT2D eigenvalue weighted by Gasteiger charge is 2.46. The van der Waals surface area contributed by atoms with Gasteiger partial charge in [-0.25, -0.2) is 4.79 Å². The summed E-state index contributed by atoms with van der Waals surface area (Å²) in [6.07, 6.45) is 6.45. The van der Waals surface area contributed by atoms with Crippen LogP contribution in [0.25, 0.3) is 5.65 Å². The summed E-state index contributed by atoms with van der Waals surface area (Å²) in [6.45, 7) is 5.90. The fourth-order valence-corrected chi connectivity index (χ4v) is 5.84. The van der Waals surface area contributed by atoms with Gasteiger partial charge in [0, 0.05) is 18.2 Å². The number of hydrogen-bond acceptors (Lipinski definition) is 5. The zero-order valence-electron chi connectivity index (χ0n) is 19.1. The second-order valence-corrected chi connectivity index (χ2v) is 9.53. The Labute approximate surface area is 192 Å². The van der Waals surface area contributed by atoms with Crippen LogP contribution in [0.1, 0.15) is 68.6 Å². The fraction of sp³-hybridized carbons (Fsp3) is 0.480. The van der Waals surface area contributed by atoms with Gasteiger partial charge in [0.2, 0.25) is 0 Å². The summed E-state index contributed by atoms with van der Waals surface area (Å²) in [4.78, 5) is 15.6. The third-order valence-corrected chi connectivity index (χ3v) is 7.57. The fourth-order valence-electron chi connectivity index (χ4n) is 5.84. The van der Waals surface area contributed by atoms with Gasteiger partial charge < -0.3 is 19.7 Å². The number of rotatable bonds is 2. The van der Waals surface area contributed by atoms with Crippen molar-refractivity contribution in [2.45, 2.75) is 57.0 Å². The van der Waals surface area contributed by atoms with Crippen molar-refractivity contribution in [2.75, 3.05) is 19.8 Å². The number of aromatic nitrogens is 3. The number of hydrogen-bond donors (Lipinski definition) is 1. The van der Waals surface area contributed by atoms with Gasteiger partial charge in [-0.05, 0) is 62.1 Å². The third kappa shape index (κ3) is 3.22. The molecule has 172 valence electrons. The van der Waals surface area contributed by atoms with Crippen molar-refractivity contribution in [1.29, 1.82) is 0 Å². The SMILES string of the molecule is CC(NC(=O)N1CC2(CCCC2)c2cc3c(cc2C1C)OCCO3)c1nnc2ccccn12. The van der Waals surface area contributed by atoms with E-state index in [-0.39, 0.29) is 23.5 Å². The van der Waals surface area contributed by atoms with Crippen molar-refractivity contribution in [3.05, 3.63) is 53.5 Å². The first-order valence-corrected chi connectivity index (χ1v) is 11.9. The molecule has 3 aromatic rings. The van der Waals surface area contributed by atoms with E-state index in [1.54, 1.807) is 0 Å². The lowest BCUT2D eigenvalue weighted by Crippen LogP contribution is -2.52. The van der Waals surface area contributed by atoms with Crippen LogP contribution < -0.4 is 14.8 Å². The summed E-state index contributed by atoms with van der Waals surface area (Å²) >= 11 is 0. The highest BCUT2D eigenvalue weighted by molar-refractivity contribution is 5.76. The lowest BCUT2D eigenvalue weighted by Gasteiger charge is -2.46. The Bertz CT molecular complexity index is 1220. The molecular formula is C25H29N5O3. The van der Waals surface area contributed by atoms with Gasteiger partial charge in [-0.1, -0.05) is 18.9 Å². The Morgan fingerprint density at radius 2 is 1.91 bits per heavy atom. The van der Waals surface area contributed by atoms with Crippen LogP contribution in [0, 0.1) is 0 Å². The molecule has 8 heteroatoms. The molecular weight excluding hydrogens is 418 g/mol. The Kier molecular flexibility index (Phi) is 4.71. The Morgan fingerprint density at radius 1 is 1.15 bits per heavy atom. The van der Waals surface area contributed by atoms with Crippen LogP contribution in [0.15, 0.2) is 36.5 Å². The van der Waals surface area contributed by atoms with E-state index in [2.05, 4.69) is 34.6 Å². The molecule has 1 N–H and O–H groups in total. The van der Waals surface area contributed by atoms with E-state index in [1.165, 1.54) is 24.0 Å². The molecule has 1 saturated carbocycles. The van der Waals surface area contributed by atoms with Gasteiger partial charge in [-0.3, -0.25) is 4.40 Å². The maximum Gasteiger partial charge on any atom is 0.318 e. The van der Waals surface area contributed by atoms with Crippen molar-refractivity contribution in [3.8, 4) is 11.5 Å². The van der Waals surface area contributed by atoms with Crippen molar-refractivity contribution >= 4 is 11.7 Å². The van der Waals surface area contributed by atoms with Gasteiger partial charge in [0.1, 0.15) is 13.2 Å². The van der Waals surface area contributed by atoms with Crippen molar-refractivity contribution in [3.63, 3.8) is 0 Å². The molecule has 2 atom stereocenters. The molecule has 0 radical (unpaired) electrons. The topological polar surface area (TPSA) is 81.0 Å². The quantitative estimate of drug-likeness (QED) is 0.638. The first kappa shape index (κ1) is 20.3. The third-order valence-electron chi connectivity index (χ3n) is 7.57. The molecule has 33 heavy (non-hydrogen) atoms. The van der Waals surface area contributed by atoms with Gasteiger partial charge in [0.15, 0.2) is 23.0 Å². The molecule has 2 unspecified atom stereocenters. The summed E-state index contributed by atoms with van der Waals surface area (Å²) < 4.78 is 13.7. The molecule has 0 bridgehead atoms. The van der Waals surface area contributed by atoms with E-state index in [0.29, 0.717) is 19.8 Å². The number of carbonyl (C=O) groups is 1. The summed E-state index contributed by atoms with van der Waals surface area (Å²) in [7, 11) is 0. The molecule has 3 aliphatic rings. The molecule has 4 heterocycles. The first-order chi connectivity index (χ1) is 16.1. The minimum atomic E-state index is -0.275. The second kappa shape index (κ2) is 7.64. The summed E-state index contributed by atoms with van der Waals surface area (Å²) in [5, 5.41) is 11.7. The first-order valence-electron chi connectivity index (χ1n) is 11.9. The van der Waals surface area contributed by atoms with Crippen LogP contribution in [-0.4, -0.2) is 45.3 Å². The Morgan fingerprint density at radius 3 is 2.70 bits per heavy atom. The monoisotopic (exact) mass is 447 g/mol. The summed E-state index contributed by atoms with van der Waals surface area (Å²) in [5.41, 5.74) is 3.24. The highest BCUT2D eigenvalue weighted by Crippen LogP contribution is 2.51. The number of nitrogens with zero attached hydrogens (tertiary/aromatic N) is 4. The molecule has 1 fully saturated rings. The maximum absolute atomic E-state index is 13.6. The minimum Gasteiger partial charge on any atom is -0.486 e. The van der Waals surface area contributed by atoms with Gasteiger partial charge in [-0.15, -0.1) is 10.2 Å². The van der Waals surface area contributed by atoms with Crippen LogP contribution in [0.2, 0.25) is 0 Å². The van der Waals surface area contributed by atoms with E-state index >= 15 is 0 Å². The van der Waals surface area contributed by atoms with Crippen LogP contribution in [0.3, 0.4) is 0 Å². The molecule has 2 aromatic heterocycles. The molecule has 2 aliphatic heterocycles. The molecule has 6 rings (SSSR count). The number of amides is 2. The second-order valence-electron chi connectivity index (χ2n) is 9.53. The lowest BCUT2D eigenvalue weighted by molar-refractivity contribution is 0.138. The van der Waals surface area contributed by atoms with Crippen molar-refractivity contribution in [1.82, 2.24) is 24.8 Å². The van der Waals surface area contributed by atoms with Crippen molar-refractivity contribution in [2.24, 2.45) is 0 Å². The largest absolute Gasteiger partial charge is 0.486 e. The minimum absolute atomic E-state index is 0.0280. The normalized spacial score (nSPS) is 21.8. The molecule has 1 aliphatic carbocycles. The summed E-state index contributed by atoms with van der Waals surface area (Å²) in [5.74, 6) is 2.34. The van der Waals surface area contributed by atoms with Crippen LogP contribution in [-0.2, 0) is 5.41 Å². The average molecular weight is 448 g/mol. The lowest BCUT2D eigenvalue weighted by atomic mass is 9.71. The maximum atomic E-state index is 13.6.